The number of hydrogen-bond donors (Lipinski definition) is 2. The number of methoxy groups -OCH3 is 1. The van der Waals surface area contributed by atoms with Crippen LogP contribution in [-0.4, -0.2) is 51.4 Å². The summed E-state index contributed by atoms with van der Waals surface area (Å²) in [5, 5.41) is 15.6. The van der Waals surface area contributed by atoms with E-state index in [-0.39, 0.29) is 31.2 Å². The van der Waals surface area contributed by atoms with Crippen LogP contribution in [0, 0.1) is 0 Å². The van der Waals surface area contributed by atoms with Crippen molar-refractivity contribution in [3.05, 3.63) is 66.0 Å². The first-order valence-corrected chi connectivity index (χ1v) is 10.4. The topological polar surface area (TPSA) is 113 Å². The van der Waals surface area contributed by atoms with Crippen LogP contribution < -0.4 is 10.1 Å². The molecule has 0 radical (unpaired) electrons. The Kier molecular flexibility index (Phi) is 6.54. The van der Waals surface area contributed by atoms with Crippen LogP contribution in [0.2, 0.25) is 0 Å². The molecule has 3 aromatic rings. The third-order valence-corrected chi connectivity index (χ3v) is 5.10. The van der Waals surface area contributed by atoms with Crippen molar-refractivity contribution < 1.29 is 14.3 Å². The zero-order chi connectivity index (χ0) is 22.3. The molecule has 1 aromatic heterocycles. The Bertz CT molecular complexity index is 1110. The van der Waals surface area contributed by atoms with Crippen LogP contribution in [0.3, 0.4) is 0 Å². The van der Waals surface area contributed by atoms with Crippen molar-refractivity contribution in [2.75, 3.05) is 13.7 Å². The van der Waals surface area contributed by atoms with Gasteiger partial charge in [-0.1, -0.05) is 30.3 Å². The molecule has 32 heavy (non-hydrogen) atoms. The van der Waals surface area contributed by atoms with Crippen molar-refractivity contribution in [2.45, 2.75) is 25.8 Å². The number of hydrogen-bond acceptors (Lipinski definition) is 6. The largest absolute Gasteiger partial charge is 0.497 e. The van der Waals surface area contributed by atoms with Crippen molar-refractivity contribution in [3.8, 4) is 17.1 Å². The standard InChI is InChI=1S/C23H24N6O3/c1-32-18-9-7-17(8-10-18)23-25-20(26-27-23)15-24-21(30)11-12-22(31)29-14-13-19(28-29)16-5-3-2-4-6-16/h2-10H,11-15H2,1H3,(H,24,30)(H,25,26,27). The van der Waals surface area contributed by atoms with E-state index >= 15 is 0 Å². The molecule has 0 unspecified atom stereocenters. The van der Waals surface area contributed by atoms with Gasteiger partial charge >= 0.3 is 0 Å². The van der Waals surface area contributed by atoms with E-state index < -0.39 is 0 Å². The maximum Gasteiger partial charge on any atom is 0.243 e. The van der Waals surface area contributed by atoms with Crippen LogP contribution in [0.15, 0.2) is 59.7 Å². The van der Waals surface area contributed by atoms with E-state index in [0.717, 1.165) is 22.6 Å². The molecule has 0 fully saturated rings. The molecule has 9 nitrogen and oxygen atoms in total. The molecule has 0 spiro atoms. The van der Waals surface area contributed by atoms with Gasteiger partial charge in [0.2, 0.25) is 11.8 Å². The predicted octanol–water partition coefficient (Wildman–Crippen LogP) is 2.51. The number of aromatic amines is 1. The van der Waals surface area contributed by atoms with Gasteiger partial charge in [-0.2, -0.15) is 10.2 Å². The van der Waals surface area contributed by atoms with Crippen molar-refractivity contribution >= 4 is 17.5 Å². The number of carbonyl (C=O) groups is 2. The second-order valence-corrected chi connectivity index (χ2v) is 7.29. The van der Waals surface area contributed by atoms with E-state index in [2.05, 4.69) is 25.6 Å². The molecule has 2 heterocycles. The van der Waals surface area contributed by atoms with Crippen molar-refractivity contribution in [2.24, 2.45) is 5.10 Å². The average molecular weight is 432 g/mol. The molecular weight excluding hydrogens is 408 g/mol. The Labute approximate surface area is 185 Å². The molecule has 0 atom stereocenters. The smallest absolute Gasteiger partial charge is 0.243 e. The predicted molar refractivity (Wildman–Crippen MR) is 119 cm³/mol. The summed E-state index contributed by atoms with van der Waals surface area (Å²) in [7, 11) is 1.61. The number of nitrogens with zero attached hydrogens (tertiary/aromatic N) is 4. The van der Waals surface area contributed by atoms with Gasteiger partial charge in [-0.15, -0.1) is 0 Å². The number of H-pyrrole nitrogens is 1. The molecule has 4 rings (SSSR count). The Balaban J connectivity index is 1.23. The number of ether oxygens (including phenoxy) is 1. The number of hydrazone groups is 1. The molecule has 9 heteroatoms. The first kappa shape index (κ1) is 21.2. The number of benzene rings is 2. The lowest BCUT2D eigenvalue weighted by molar-refractivity contribution is -0.133. The van der Waals surface area contributed by atoms with Gasteiger partial charge in [0, 0.05) is 24.8 Å². The van der Waals surface area contributed by atoms with Gasteiger partial charge in [-0.05, 0) is 29.8 Å². The number of rotatable bonds is 8. The van der Waals surface area contributed by atoms with Crippen LogP contribution in [0.1, 0.15) is 30.7 Å². The van der Waals surface area contributed by atoms with E-state index in [9.17, 15) is 9.59 Å². The second kappa shape index (κ2) is 9.86. The van der Waals surface area contributed by atoms with Crippen LogP contribution >= 0.6 is 0 Å². The minimum absolute atomic E-state index is 0.0883. The molecule has 1 aliphatic rings. The molecule has 0 saturated heterocycles. The van der Waals surface area contributed by atoms with E-state index in [0.29, 0.717) is 24.6 Å². The highest BCUT2D eigenvalue weighted by Gasteiger charge is 2.22. The van der Waals surface area contributed by atoms with Gasteiger partial charge in [-0.3, -0.25) is 14.7 Å². The Morgan fingerprint density at radius 1 is 1.06 bits per heavy atom. The van der Waals surface area contributed by atoms with Crippen molar-refractivity contribution in [1.29, 1.82) is 0 Å². The molecule has 0 bridgehead atoms. The highest BCUT2D eigenvalue weighted by atomic mass is 16.5. The second-order valence-electron chi connectivity index (χ2n) is 7.29. The molecule has 2 aromatic carbocycles. The Hall–Kier alpha value is -4.01. The van der Waals surface area contributed by atoms with Crippen LogP contribution in [0.25, 0.3) is 11.4 Å². The van der Waals surface area contributed by atoms with Crippen LogP contribution in [0.5, 0.6) is 5.75 Å². The van der Waals surface area contributed by atoms with E-state index in [1.165, 1.54) is 5.01 Å². The molecular formula is C23H24N6O3. The summed E-state index contributed by atoms with van der Waals surface area (Å²) in [5.74, 6) is 1.43. The monoisotopic (exact) mass is 432 g/mol. The van der Waals surface area contributed by atoms with Crippen LogP contribution in [0.4, 0.5) is 0 Å². The molecule has 1 aliphatic heterocycles. The van der Waals surface area contributed by atoms with E-state index in [4.69, 9.17) is 4.74 Å². The molecule has 2 N–H and O–H groups in total. The number of carbonyl (C=O) groups excluding carboxylic acids is 2. The summed E-state index contributed by atoms with van der Waals surface area (Å²) in [6.45, 7) is 0.743. The fourth-order valence-corrected chi connectivity index (χ4v) is 3.33. The van der Waals surface area contributed by atoms with Crippen molar-refractivity contribution in [3.63, 3.8) is 0 Å². The maximum atomic E-state index is 12.4. The normalized spacial score (nSPS) is 13.0. The van der Waals surface area contributed by atoms with E-state index in [1.54, 1.807) is 7.11 Å². The van der Waals surface area contributed by atoms with Gasteiger partial charge in [0.15, 0.2) is 5.82 Å². The summed E-state index contributed by atoms with van der Waals surface area (Å²) >= 11 is 0. The highest BCUT2D eigenvalue weighted by Crippen LogP contribution is 2.19. The summed E-state index contributed by atoms with van der Waals surface area (Å²) in [6.07, 6.45) is 0.903. The minimum atomic E-state index is -0.229. The SMILES string of the molecule is COc1ccc(-c2n[nH]c(CNC(=O)CCC(=O)N3CCC(c4ccccc4)=N3)n2)cc1. The molecule has 2 amide bonds. The fraction of sp³-hybridized carbons (Fsp3) is 0.261. The summed E-state index contributed by atoms with van der Waals surface area (Å²) in [6, 6.07) is 17.2. The molecule has 0 aliphatic carbocycles. The minimum Gasteiger partial charge on any atom is -0.497 e. The number of nitrogens with one attached hydrogen (secondary N) is 2. The zero-order valence-corrected chi connectivity index (χ0v) is 17.7. The van der Waals surface area contributed by atoms with Gasteiger partial charge in [0.25, 0.3) is 0 Å². The van der Waals surface area contributed by atoms with E-state index in [1.807, 2.05) is 54.6 Å². The third-order valence-electron chi connectivity index (χ3n) is 5.10. The van der Waals surface area contributed by atoms with Crippen molar-refractivity contribution in [1.82, 2.24) is 25.5 Å². The van der Waals surface area contributed by atoms with Gasteiger partial charge < -0.3 is 10.1 Å². The summed E-state index contributed by atoms with van der Waals surface area (Å²) in [4.78, 5) is 29.0. The average Bonchev–Trinajstić information content (AvgIpc) is 3.52. The lowest BCUT2D eigenvalue weighted by Gasteiger charge is -2.11. The Morgan fingerprint density at radius 2 is 1.84 bits per heavy atom. The maximum absolute atomic E-state index is 12.4. The lowest BCUT2D eigenvalue weighted by atomic mass is 10.1. The summed E-state index contributed by atoms with van der Waals surface area (Å²) < 4.78 is 5.14. The third kappa shape index (κ3) is 5.18. The number of aromatic nitrogens is 3. The lowest BCUT2D eigenvalue weighted by Crippen LogP contribution is -2.27. The Morgan fingerprint density at radius 3 is 2.59 bits per heavy atom. The first-order chi connectivity index (χ1) is 15.6. The zero-order valence-electron chi connectivity index (χ0n) is 17.7. The quantitative estimate of drug-likeness (QED) is 0.568. The summed E-state index contributed by atoms with van der Waals surface area (Å²) in [5.41, 5.74) is 2.74. The van der Waals surface area contributed by atoms with Gasteiger partial charge in [-0.25, -0.2) is 9.99 Å². The first-order valence-electron chi connectivity index (χ1n) is 10.4. The highest BCUT2D eigenvalue weighted by molar-refractivity contribution is 6.02. The molecule has 0 saturated carbocycles. The van der Waals surface area contributed by atoms with Gasteiger partial charge in [0.05, 0.1) is 25.9 Å². The van der Waals surface area contributed by atoms with Crippen LogP contribution in [-0.2, 0) is 16.1 Å². The molecule has 164 valence electrons. The van der Waals surface area contributed by atoms with Gasteiger partial charge in [0.1, 0.15) is 11.6 Å². The number of amides is 2. The fourth-order valence-electron chi connectivity index (χ4n) is 3.33.